The lowest BCUT2D eigenvalue weighted by Gasteiger charge is -2.42. The van der Waals surface area contributed by atoms with Crippen LogP contribution in [-0.4, -0.2) is 35.7 Å². The molecule has 0 bridgehead atoms. The minimum absolute atomic E-state index is 0.268. The Morgan fingerprint density at radius 3 is 2.82 bits per heavy atom. The number of nitrogens with zero attached hydrogens (tertiary/aromatic N) is 1. The van der Waals surface area contributed by atoms with Gasteiger partial charge in [0.1, 0.15) is 0 Å². The van der Waals surface area contributed by atoms with Gasteiger partial charge >= 0.3 is 0 Å². The highest BCUT2D eigenvalue weighted by Gasteiger charge is 2.30. The first-order valence-electron chi connectivity index (χ1n) is 6.45. The molecule has 1 atom stereocenters. The molecule has 1 fully saturated rings. The van der Waals surface area contributed by atoms with Crippen molar-refractivity contribution in [2.24, 2.45) is 5.73 Å². The maximum atomic E-state index is 9.02. The van der Waals surface area contributed by atoms with Gasteiger partial charge in [0, 0.05) is 31.8 Å². The molecule has 0 radical (unpaired) electrons. The zero-order valence-electron chi connectivity index (χ0n) is 10.2. The smallest absolute Gasteiger partial charge is 0.0481 e. The molecule has 3 nitrogen and oxygen atoms in total. The van der Waals surface area contributed by atoms with Crippen molar-refractivity contribution in [2.75, 3.05) is 19.7 Å². The van der Waals surface area contributed by atoms with Gasteiger partial charge in [-0.25, -0.2) is 0 Å². The zero-order valence-corrected chi connectivity index (χ0v) is 11.0. The van der Waals surface area contributed by atoms with E-state index in [4.69, 9.17) is 10.8 Å². The third-order valence-electron chi connectivity index (χ3n) is 3.67. The molecule has 4 heteroatoms. The first-order chi connectivity index (χ1) is 8.36. The van der Waals surface area contributed by atoms with Gasteiger partial charge in [-0.15, -0.1) is 0 Å². The van der Waals surface area contributed by atoms with E-state index in [9.17, 15) is 0 Å². The number of hydrogen-bond donors (Lipinski definition) is 2. The van der Waals surface area contributed by atoms with Gasteiger partial charge in [0.2, 0.25) is 0 Å². The number of rotatable bonds is 7. The molecule has 1 heterocycles. The molecule has 17 heavy (non-hydrogen) atoms. The third kappa shape index (κ3) is 3.07. The fourth-order valence-electron chi connectivity index (χ4n) is 2.49. The van der Waals surface area contributed by atoms with E-state index in [0.29, 0.717) is 18.6 Å². The highest BCUT2D eigenvalue weighted by Crippen LogP contribution is 2.32. The molecule has 0 aromatic carbocycles. The maximum absolute atomic E-state index is 9.02. The molecule has 96 valence electrons. The van der Waals surface area contributed by atoms with Gasteiger partial charge < -0.3 is 10.8 Å². The molecule has 0 saturated heterocycles. The van der Waals surface area contributed by atoms with Crippen LogP contribution in [0.2, 0.25) is 0 Å². The van der Waals surface area contributed by atoms with Crippen LogP contribution in [-0.2, 0) is 0 Å². The monoisotopic (exact) mass is 254 g/mol. The summed E-state index contributed by atoms with van der Waals surface area (Å²) in [6.45, 7) is 1.89. The van der Waals surface area contributed by atoms with Crippen LogP contribution in [0.5, 0.6) is 0 Å². The molecule has 1 aromatic heterocycles. The Balaban J connectivity index is 2.05. The van der Waals surface area contributed by atoms with Crippen LogP contribution in [0.1, 0.15) is 37.3 Å². The van der Waals surface area contributed by atoms with E-state index < -0.39 is 0 Å². The van der Waals surface area contributed by atoms with E-state index in [2.05, 4.69) is 21.7 Å². The summed E-state index contributed by atoms with van der Waals surface area (Å²) in [6, 6.07) is 3.18. The van der Waals surface area contributed by atoms with Crippen molar-refractivity contribution in [3.05, 3.63) is 22.4 Å². The van der Waals surface area contributed by atoms with Crippen molar-refractivity contribution in [2.45, 2.75) is 37.8 Å². The third-order valence-corrected chi connectivity index (χ3v) is 4.37. The molecule has 0 amide bonds. The minimum atomic E-state index is 0.268. The van der Waals surface area contributed by atoms with Gasteiger partial charge in [-0.1, -0.05) is 6.42 Å². The molecule has 1 saturated carbocycles. The predicted octanol–water partition coefficient (Wildman–Crippen LogP) is 1.98. The molecule has 3 N–H and O–H groups in total. The molecule has 1 unspecified atom stereocenters. The average Bonchev–Trinajstić information content (AvgIpc) is 2.77. The zero-order chi connectivity index (χ0) is 12.1. The van der Waals surface area contributed by atoms with Crippen LogP contribution in [0, 0.1) is 0 Å². The van der Waals surface area contributed by atoms with Crippen molar-refractivity contribution in [3.63, 3.8) is 0 Å². The summed E-state index contributed by atoms with van der Waals surface area (Å²) in [4.78, 5) is 2.50. The number of aliphatic hydroxyl groups excluding tert-OH is 1. The Morgan fingerprint density at radius 1 is 1.53 bits per heavy atom. The van der Waals surface area contributed by atoms with E-state index in [1.54, 1.807) is 11.3 Å². The van der Waals surface area contributed by atoms with Gasteiger partial charge in [-0.2, -0.15) is 11.3 Å². The number of aliphatic hydroxyl groups is 1. The Hall–Kier alpha value is -0.420. The van der Waals surface area contributed by atoms with Gasteiger partial charge in [-0.3, -0.25) is 4.90 Å². The SMILES string of the molecule is NCC(c1ccsc1)N(CCCO)C1CCC1. The average molecular weight is 254 g/mol. The van der Waals surface area contributed by atoms with Crippen LogP contribution < -0.4 is 5.73 Å². The maximum Gasteiger partial charge on any atom is 0.0481 e. The molecule has 0 aliphatic heterocycles. The number of nitrogens with two attached hydrogens (primary N) is 1. The Labute approximate surface area is 107 Å². The van der Waals surface area contributed by atoms with Gasteiger partial charge in [0.15, 0.2) is 0 Å². The van der Waals surface area contributed by atoms with Crippen LogP contribution in [0.25, 0.3) is 0 Å². The summed E-state index contributed by atoms with van der Waals surface area (Å²) >= 11 is 1.73. The van der Waals surface area contributed by atoms with E-state index >= 15 is 0 Å². The molecular formula is C13H22N2OS. The molecule has 1 aliphatic rings. The fourth-order valence-corrected chi connectivity index (χ4v) is 3.20. The van der Waals surface area contributed by atoms with Gasteiger partial charge in [0.25, 0.3) is 0 Å². The van der Waals surface area contributed by atoms with Crippen LogP contribution in [0.4, 0.5) is 0 Å². The summed E-state index contributed by atoms with van der Waals surface area (Å²) in [5.74, 6) is 0. The standard InChI is InChI=1S/C13H22N2OS/c14-9-13(11-5-8-17-10-11)15(6-2-7-16)12-3-1-4-12/h5,8,10,12-13,16H,1-4,6-7,9,14H2. The van der Waals surface area contributed by atoms with E-state index in [0.717, 1.165) is 13.0 Å². The number of hydrogen-bond acceptors (Lipinski definition) is 4. The second kappa shape index (κ2) is 6.50. The van der Waals surface area contributed by atoms with Crippen LogP contribution >= 0.6 is 11.3 Å². The molecule has 1 aromatic rings. The lowest BCUT2D eigenvalue weighted by atomic mass is 9.89. The number of thiophene rings is 1. The normalized spacial score (nSPS) is 18.3. The summed E-state index contributed by atoms with van der Waals surface area (Å²) in [6.07, 6.45) is 4.75. The largest absolute Gasteiger partial charge is 0.396 e. The quantitative estimate of drug-likeness (QED) is 0.782. The second-order valence-corrected chi connectivity index (χ2v) is 5.49. The molecule has 2 rings (SSSR count). The van der Waals surface area contributed by atoms with Gasteiger partial charge in [0.05, 0.1) is 0 Å². The lowest BCUT2D eigenvalue weighted by Crippen LogP contribution is -2.45. The fraction of sp³-hybridized carbons (Fsp3) is 0.692. The molecule has 0 spiro atoms. The van der Waals surface area contributed by atoms with Crippen molar-refractivity contribution in [3.8, 4) is 0 Å². The Morgan fingerprint density at radius 2 is 2.35 bits per heavy atom. The van der Waals surface area contributed by atoms with Crippen molar-refractivity contribution >= 4 is 11.3 Å². The topological polar surface area (TPSA) is 49.5 Å². The summed E-state index contributed by atoms with van der Waals surface area (Å²) in [5.41, 5.74) is 7.29. The molecular weight excluding hydrogens is 232 g/mol. The van der Waals surface area contributed by atoms with E-state index in [1.165, 1.54) is 24.8 Å². The van der Waals surface area contributed by atoms with Gasteiger partial charge in [-0.05, 0) is 41.7 Å². The highest BCUT2D eigenvalue weighted by molar-refractivity contribution is 7.07. The van der Waals surface area contributed by atoms with Crippen molar-refractivity contribution in [1.82, 2.24) is 4.90 Å². The highest BCUT2D eigenvalue weighted by atomic mass is 32.1. The first-order valence-corrected chi connectivity index (χ1v) is 7.40. The Bertz CT molecular complexity index is 311. The van der Waals surface area contributed by atoms with Crippen LogP contribution in [0.3, 0.4) is 0 Å². The van der Waals surface area contributed by atoms with Crippen molar-refractivity contribution < 1.29 is 5.11 Å². The van der Waals surface area contributed by atoms with Crippen LogP contribution in [0.15, 0.2) is 16.8 Å². The Kier molecular flexibility index (Phi) is 4.98. The summed E-state index contributed by atoms with van der Waals surface area (Å²) < 4.78 is 0. The van der Waals surface area contributed by atoms with E-state index in [1.807, 2.05) is 0 Å². The second-order valence-electron chi connectivity index (χ2n) is 4.71. The predicted molar refractivity (Wildman–Crippen MR) is 72.2 cm³/mol. The molecule has 1 aliphatic carbocycles. The summed E-state index contributed by atoms with van der Waals surface area (Å²) in [5, 5.41) is 13.3. The summed E-state index contributed by atoms with van der Waals surface area (Å²) in [7, 11) is 0. The van der Waals surface area contributed by atoms with Crippen molar-refractivity contribution in [1.29, 1.82) is 0 Å². The van der Waals surface area contributed by atoms with E-state index in [-0.39, 0.29) is 6.61 Å². The first kappa shape index (κ1) is 13.0. The minimum Gasteiger partial charge on any atom is -0.396 e. The lowest BCUT2D eigenvalue weighted by molar-refractivity contribution is 0.0745.